The van der Waals surface area contributed by atoms with Gasteiger partial charge >= 0.3 is 0 Å². The molecule has 1 fully saturated rings. The van der Waals surface area contributed by atoms with Gasteiger partial charge in [0, 0.05) is 23.8 Å². The van der Waals surface area contributed by atoms with Crippen LogP contribution in [0.4, 0.5) is 5.69 Å². The molecule has 5 rings (SSSR count). The van der Waals surface area contributed by atoms with E-state index in [1.54, 1.807) is 0 Å². The number of nitrogens with zero attached hydrogens (tertiary/aromatic N) is 1. The summed E-state index contributed by atoms with van der Waals surface area (Å²) in [5.41, 5.74) is 4.02. The van der Waals surface area contributed by atoms with E-state index in [1.165, 1.54) is 27.6 Å². The van der Waals surface area contributed by atoms with Crippen molar-refractivity contribution in [2.45, 2.75) is 13.0 Å². The third kappa shape index (κ3) is 4.82. The number of benzene rings is 4. The lowest BCUT2D eigenvalue weighted by molar-refractivity contribution is 0.413. The van der Waals surface area contributed by atoms with Crippen LogP contribution in [0.15, 0.2) is 97.1 Å². The molecule has 2 nitrogen and oxygen atoms in total. The summed E-state index contributed by atoms with van der Waals surface area (Å²) in [6, 6.07) is 34.5. The Morgan fingerprint density at radius 1 is 0.750 bits per heavy atom. The molecule has 3 heteroatoms. The van der Waals surface area contributed by atoms with E-state index in [0.717, 1.165) is 37.6 Å². The fourth-order valence-corrected chi connectivity index (χ4v) is 5.11. The molecule has 0 aromatic heterocycles. The first-order valence-corrected chi connectivity index (χ1v) is 11.9. The molecular formula is C29H29ClN2. The molecule has 1 aliphatic heterocycles. The molecule has 32 heavy (non-hydrogen) atoms. The molecule has 1 aliphatic rings. The average Bonchev–Trinajstić information content (AvgIpc) is 3.26. The maximum Gasteiger partial charge on any atom is 0.0435 e. The molecule has 1 heterocycles. The fraction of sp³-hybridized carbons (Fsp3) is 0.241. The number of rotatable bonds is 7. The Bertz CT molecular complexity index is 1150. The molecule has 0 aliphatic carbocycles. The zero-order chi connectivity index (χ0) is 21.8. The van der Waals surface area contributed by atoms with Crippen molar-refractivity contribution in [3.8, 4) is 0 Å². The SMILES string of the molecule is Clc1ccc(N(Cc2cccc3ccccc23)C[C@H]2CNC[C@@H]2Cc2ccccc2)cc1. The number of fused-ring (bicyclic) bond motifs is 1. The second-order valence-electron chi connectivity index (χ2n) is 8.86. The van der Waals surface area contributed by atoms with Gasteiger partial charge in [-0.15, -0.1) is 0 Å². The first kappa shape index (κ1) is 21.1. The van der Waals surface area contributed by atoms with E-state index >= 15 is 0 Å². The Kier molecular flexibility index (Phi) is 6.43. The fourth-order valence-electron chi connectivity index (χ4n) is 4.99. The van der Waals surface area contributed by atoms with Gasteiger partial charge in [0.05, 0.1) is 0 Å². The average molecular weight is 441 g/mol. The highest BCUT2D eigenvalue weighted by atomic mass is 35.5. The van der Waals surface area contributed by atoms with E-state index in [-0.39, 0.29) is 0 Å². The maximum atomic E-state index is 6.21. The van der Waals surface area contributed by atoms with Crippen LogP contribution in [-0.4, -0.2) is 19.6 Å². The number of hydrogen-bond donors (Lipinski definition) is 1. The summed E-state index contributed by atoms with van der Waals surface area (Å²) >= 11 is 6.21. The summed E-state index contributed by atoms with van der Waals surface area (Å²) in [6.45, 7) is 4.06. The Labute approximate surface area is 195 Å². The van der Waals surface area contributed by atoms with Gasteiger partial charge in [-0.05, 0) is 77.5 Å². The van der Waals surface area contributed by atoms with Crippen LogP contribution in [0.1, 0.15) is 11.1 Å². The molecule has 0 saturated carbocycles. The molecule has 1 N–H and O–H groups in total. The molecule has 0 spiro atoms. The molecular weight excluding hydrogens is 412 g/mol. The number of hydrogen-bond acceptors (Lipinski definition) is 2. The number of halogens is 1. The van der Waals surface area contributed by atoms with Gasteiger partial charge < -0.3 is 10.2 Å². The molecule has 1 saturated heterocycles. The molecule has 0 unspecified atom stereocenters. The van der Waals surface area contributed by atoms with Crippen molar-refractivity contribution < 1.29 is 0 Å². The molecule has 0 bridgehead atoms. The van der Waals surface area contributed by atoms with E-state index in [1.807, 2.05) is 12.1 Å². The highest BCUT2D eigenvalue weighted by molar-refractivity contribution is 6.30. The van der Waals surface area contributed by atoms with E-state index in [4.69, 9.17) is 11.6 Å². The monoisotopic (exact) mass is 440 g/mol. The van der Waals surface area contributed by atoms with Gasteiger partial charge in [0.25, 0.3) is 0 Å². The van der Waals surface area contributed by atoms with Crippen molar-refractivity contribution in [2.75, 3.05) is 24.5 Å². The van der Waals surface area contributed by atoms with Crippen molar-refractivity contribution in [2.24, 2.45) is 11.8 Å². The minimum atomic E-state index is 0.598. The summed E-state index contributed by atoms with van der Waals surface area (Å²) in [6.07, 6.45) is 1.13. The van der Waals surface area contributed by atoms with Gasteiger partial charge in [0.1, 0.15) is 0 Å². The van der Waals surface area contributed by atoms with Gasteiger partial charge in [0.2, 0.25) is 0 Å². The van der Waals surface area contributed by atoms with Crippen LogP contribution in [0.3, 0.4) is 0 Å². The van der Waals surface area contributed by atoms with Crippen molar-refractivity contribution in [3.05, 3.63) is 113 Å². The largest absolute Gasteiger partial charge is 0.367 e. The van der Waals surface area contributed by atoms with E-state index in [2.05, 4.69) is 95.1 Å². The van der Waals surface area contributed by atoms with Crippen LogP contribution in [-0.2, 0) is 13.0 Å². The predicted octanol–water partition coefficient (Wildman–Crippen LogP) is 6.58. The Hall–Kier alpha value is -2.81. The van der Waals surface area contributed by atoms with Gasteiger partial charge in [-0.25, -0.2) is 0 Å². The van der Waals surface area contributed by atoms with Gasteiger partial charge in [-0.3, -0.25) is 0 Å². The summed E-state index contributed by atoms with van der Waals surface area (Å²) in [5.74, 6) is 1.24. The van der Waals surface area contributed by atoms with Crippen LogP contribution < -0.4 is 10.2 Å². The van der Waals surface area contributed by atoms with Crippen LogP contribution in [0.25, 0.3) is 10.8 Å². The minimum absolute atomic E-state index is 0.598. The Morgan fingerprint density at radius 3 is 2.31 bits per heavy atom. The van der Waals surface area contributed by atoms with Crippen LogP contribution in [0.2, 0.25) is 5.02 Å². The Morgan fingerprint density at radius 2 is 1.47 bits per heavy atom. The third-order valence-corrected chi connectivity index (χ3v) is 6.96. The maximum absolute atomic E-state index is 6.21. The molecule has 4 aromatic carbocycles. The molecule has 0 radical (unpaired) electrons. The van der Waals surface area contributed by atoms with E-state index in [0.29, 0.717) is 11.8 Å². The highest BCUT2D eigenvalue weighted by Gasteiger charge is 2.29. The molecule has 2 atom stereocenters. The van der Waals surface area contributed by atoms with Crippen molar-refractivity contribution in [1.29, 1.82) is 0 Å². The lowest BCUT2D eigenvalue weighted by Crippen LogP contribution is -2.33. The zero-order valence-electron chi connectivity index (χ0n) is 18.3. The molecule has 162 valence electrons. The van der Waals surface area contributed by atoms with Crippen LogP contribution in [0, 0.1) is 11.8 Å². The standard InChI is InChI=1S/C29H29ClN2/c30-27-13-15-28(16-14-27)32(20-24-11-6-10-23-9-4-5-12-29(23)24)21-26-19-31-18-25(26)17-22-7-2-1-3-8-22/h1-16,25-26,31H,17-21H2/t25-,26+/m0/s1. The predicted molar refractivity (Wildman–Crippen MR) is 136 cm³/mol. The minimum Gasteiger partial charge on any atom is -0.367 e. The Balaban J connectivity index is 1.41. The van der Waals surface area contributed by atoms with E-state index < -0.39 is 0 Å². The second-order valence-corrected chi connectivity index (χ2v) is 9.30. The van der Waals surface area contributed by atoms with Crippen LogP contribution in [0.5, 0.6) is 0 Å². The summed E-state index contributed by atoms with van der Waals surface area (Å²) in [7, 11) is 0. The normalized spacial score (nSPS) is 18.2. The third-order valence-electron chi connectivity index (χ3n) is 6.71. The molecule has 4 aromatic rings. The first-order valence-electron chi connectivity index (χ1n) is 11.5. The van der Waals surface area contributed by atoms with Crippen molar-refractivity contribution >= 4 is 28.1 Å². The van der Waals surface area contributed by atoms with E-state index in [9.17, 15) is 0 Å². The van der Waals surface area contributed by atoms with Gasteiger partial charge in [-0.1, -0.05) is 84.4 Å². The zero-order valence-corrected chi connectivity index (χ0v) is 19.0. The summed E-state index contributed by atoms with van der Waals surface area (Å²) < 4.78 is 0. The summed E-state index contributed by atoms with van der Waals surface area (Å²) in [4.78, 5) is 2.54. The number of anilines is 1. The smallest absolute Gasteiger partial charge is 0.0435 e. The first-order chi connectivity index (χ1) is 15.8. The lowest BCUT2D eigenvalue weighted by Gasteiger charge is -2.31. The van der Waals surface area contributed by atoms with Gasteiger partial charge in [0.15, 0.2) is 0 Å². The van der Waals surface area contributed by atoms with Crippen molar-refractivity contribution in [3.63, 3.8) is 0 Å². The van der Waals surface area contributed by atoms with Crippen LogP contribution >= 0.6 is 11.6 Å². The molecule has 0 amide bonds. The topological polar surface area (TPSA) is 15.3 Å². The van der Waals surface area contributed by atoms with Crippen molar-refractivity contribution in [1.82, 2.24) is 5.32 Å². The van der Waals surface area contributed by atoms with Gasteiger partial charge in [-0.2, -0.15) is 0 Å². The highest BCUT2D eigenvalue weighted by Crippen LogP contribution is 2.29. The quantitative estimate of drug-likeness (QED) is 0.349. The number of nitrogens with one attached hydrogen (secondary N) is 1. The lowest BCUT2D eigenvalue weighted by atomic mass is 9.89. The second kappa shape index (κ2) is 9.77. The summed E-state index contributed by atoms with van der Waals surface area (Å²) in [5, 5.41) is 7.06.